The van der Waals surface area contributed by atoms with Crippen molar-refractivity contribution in [2.75, 3.05) is 7.11 Å². The van der Waals surface area contributed by atoms with Crippen LogP contribution in [0.3, 0.4) is 0 Å². The summed E-state index contributed by atoms with van der Waals surface area (Å²) in [6, 6.07) is 13.2. The van der Waals surface area contributed by atoms with Crippen molar-refractivity contribution in [3.8, 4) is 5.75 Å². The lowest BCUT2D eigenvalue weighted by Crippen LogP contribution is -2.41. The van der Waals surface area contributed by atoms with Crippen LogP contribution in [0.2, 0.25) is 0 Å². The number of hydrazine groups is 1. The third kappa shape index (κ3) is 5.35. The molecule has 0 fully saturated rings. The van der Waals surface area contributed by atoms with Gasteiger partial charge in [0.2, 0.25) is 5.91 Å². The standard InChI is InChI=1S/C18H19N3O4/c1-12(22)19-11-13-3-5-14(6-4-13)17(23)20-21-18(24)15-7-9-16(25-2)10-8-15/h3-10H,11H2,1-2H3,(H,19,22)(H,20,23)(H,21,24). The molecule has 0 spiro atoms. The van der Waals surface area contributed by atoms with Crippen molar-refractivity contribution in [2.45, 2.75) is 13.5 Å². The first kappa shape index (κ1) is 18.0. The molecular weight excluding hydrogens is 322 g/mol. The van der Waals surface area contributed by atoms with E-state index in [1.807, 2.05) is 0 Å². The minimum Gasteiger partial charge on any atom is -0.497 e. The van der Waals surface area contributed by atoms with Gasteiger partial charge in [-0.3, -0.25) is 25.2 Å². The SMILES string of the molecule is COc1ccc(C(=O)NNC(=O)c2ccc(CNC(C)=O)cc2)cc1. The number of carbonyl (C=O) groups excluding carboxylic acids is 3. The van der Waals surface area contributed by atoms with E-state index in [2.05, 4.69) is 16.2 Å². The smallest absolute Gasteiger partial charge is 0.269 e. The van der Waals surface area contributed by atoms with Crippen LogP contribution in [0, 0.1) is 0 Å². The molecule has 0 saturated heterocycles. The molecule has 0 aliphatic heterocycles. The molecule has 0 aromatic heterocycles. The van der Waals surface area contributed by atoms with E-state index in [-0.39, 0.29) is 5.91 Å². The highest BCUT2D eigenvalue weighted by atomic mass is 16.5. The third-order valence-electron chi connectivity index (χ3n) is 3.40. The second kappa shape index (κ2) is 8.49. The molecule has 130 valence electrons. The number of methoxy groups -OCH3 is 1. The Morgan fingerprint density at radius 2 is 1.32 bits per heavy atom. The molecule has 0 heterocycles. The summed E-state index contributed by atoms with van der Waals surface area (Å²) in [4.78, 5) is 34.9. The van der Waals surface area contributed by atoms with Gasteiger partial charge in [-0.05, 0) is 42.0 Å². The van der Waals surface area contributed by atoms with E-state index >= 15 is 0 Å². The number of rotatable bonds is 5. The molecule has 0 aliphatic rings. The summed E-state index contributed by atoms with van der Waals surface area (Å²) in [6.45, 7) is 1.83. The van der Waals surface area contributed by atoms with Crippen LogP contribution < -0.4 is 20.9 Å². The average molecular weight is 341 g/mol. The molecule has 25 heavy (non-hydrogen) atoms. The van der Waals surface area contributed by atoms with Crippen molar-refractivity contribution in [1.82, 2.24) is 16.2 Å². The molecule has 2 rings (SSSR count). The maximum absolute atomic E-state index is 12.0. The second-order valence-electron chi connectivity index (χ2n) is 5.24. The summed E-state index contributed by atoms with van der Waals surface area (Å²) < 4.78 is 5.02. The maximum atomic E-state index is 12.0. The van der Waals surface area contributed by atoms with Gasteiger partial charge in [-0.25, -0.2) is 0 Å². The molecule has 0 atom stereocenters. The summed E-state index contributed by atoms with van der Waals surface area (Å²) in [5.41, 5.74) is 6.36. The van der Waals surface area contributed by atoms with Crippen LogP contribution in [0.4, 0.5) is 0 Å². The Morgan fingerprint density at radius 1 is 0.840 bits per heavy atom. The maximum Gasteiger partial charge on any atom is 0.269 e. The van der Waals surface area contributed by atoms with E-state index in [1.54, 1.807) is 48.5 Å². The molecule has 0 bridgehead atoms. The van der Waals surface area contributed by atoms with Gasteiger partial charge < -0.3 is 10.1 Å². The lowest BCUT2D eigenvalue weighted by atomic mass is 10.1. The fourth-order valence-electron chi connectivity index (χ4n) is 2.00. The minimum absolute atomic E-state index is 0.122. The van der Waals surface area contributed by atoms with Crippen molar-refractivity contribution >= 4 is 17.7 Å². The summed E-state index contributed by atoms with van der Waals surface area (Å²) in [6.07, 6.45) is 0. The molecule has 3 amide bonds. The summed E-state index contributed by atoms with van der Waals surface area (Å²) in [7, 11) is 1.54. The van der Waals surface area contributed by atoms with Crippen LogP contribution in [0.5, 0.6) is 5.75 Å². The molecule has 7 heteroatoms. The van der Waals surface area contributed by atoms with E-state index in [0.29, 0.717) is 23.4 Å². The average Bonchev–Trinajstić information content (AvgIpc) is 2.64. The first-order valence-corrected chi connectivity index (χ1v) is 7.57. The second-order valence-corrected chi connectivity index (χ2v) is 5.24. The Balaban J connectivity index is 1.88. The van der Waals surface area contributed by atoms with Gasteiger partial charge >= 0.3 is 0 Å². The lowest BCUT2D eigenvalue weighted by Gasteiger charge is -2.09. The highest BCUT2D eigenvalue weighted by Gasteiger charge is 2.09. The number of benzene rings is 2. The number of carbonyl (C=O) groups is 3. The fourth-order valence-corrected chi connectivity index (χ4v) is 2.00. The van der Waals surface area contributed by atoms with Crippen LogP contribution in [-0.4, -0.2) is 24.8 Å². The van der Waals surface area contributed by atoms with Gasteiger partial charge in [-0.2, -0.15) is 0 Å². The van der Waals surface area contributed by atoms with Crippen molar-refractivity contribution < 1.29 is 19.1 Å². The van der Waals surface area contributed by atoms with Crippen molar-refractivity contribution in [2.24, 2.45) is 0 Å². The fraction of sp³-hybridized carbons (Fsp3) is 0.167. The van der Waals surface area contributed by atoms with Crippen LogP contribution >= 0.6 is 0 Å². The third-order valence-corrected chi connectivity index (χ3v) is 3.40. The number of ether oxygens (including phenoxy) is 1. The molecule has 0 saturated carbocycles. The highest BCUT2D eigenvalue weighted by Crippen LogP contribution is 2.11. The van der Waals surface area contributed by atoms with Gasteiger partial charge in [0.25, 0.3) is 11.8 Å². The number of nitrogens with one attached hydrogen (secondary N) is 3. The molecular formula is C18H19N3O4. The van der Waals surface area contributed by atoms with Crippen molar-refractivity contribution in [1.29, 1.82) is 0 Å². The zero-order valence-electron chi connectivity index (χ0n) is 14.0. The number of amides is 3. The van der Waals surface area contributed by atoms with Gasteiger partial charge in [0, 0.05) is 24.6 Å². The Labute approximate surface area is 145 Å². The van der Waals surface area contributed by atoms with Crippen LogP contribution in [0.1, 0.15) is 33.2 Å². The normalized spacial score (nSPS) is 9.84. The topological polar surface area (TPSA) is 96.5 Å². The molecule has 3 N–H and O–H groups in total. The molecule has 7 nitrogen and oxygen atoms in total. The largest absolute Gasteiger partial charge is 0.497 e. The molecule has 0 aliphatic carbocycles. The van der Waals surface area contributed by atoms with Gasteiger partial charge in [0.15, 0.2) is 0 Å². The highest BCUT2D eigenvalue weighted by molar-refractivity contribution is 5.99. The van der Waals surface area contributed by atoms with Gasteiger partial charge in [0.1, 0.15) is 5.75 Å². The Hall–Kier alpha value is -3.35. The van der Waals surface area contributed by atoms with Crippen LogP contribution in [0.15, 0.2) is 48.5 Å². The van der Waals surface area contributed by atoms with Crippen LogP contribution in [-0.2, 0) is 11.3 Å². The quantitative estimate of drug-likeness (QED) is 0.716. The molecule has 2 aromatic carbocycles. The van der Waals surface area contributed by atoms with Crippen molar-refractivity contribution in [3.05, 3.63) is 65.2 Å². The summed E-state index contributed by atoms with van der Waals surface area (Å²) in [5, 5.41) is 2.67. The molecule has 2 aromatic rings. The summed E-state index contributed by atoms with van der Waals surface area (Å²) >= 11 is 0. The van der Waals surface area contributed by atoms with E-state index in [4.69, 9.17) is 4.74 Å². The van der Waals surface area contributed by atoms with Gasteiger partial charge in [0.05, 0.1) is 7.11 Å². The lowest BCUT2D eigenvalue weighted by molar-refractivity contribution is -0.119. The van der Waals surface area contributed by atoms with Gasteiger partial charge in [-0.1, -0.05) is 12.1 Å². The number of hydrogen-bond donors (Lipinski definition) is 3. The monoisotopic (exact) mass is 341 g/mol. The van der Waals surface area contributed by atoms with Gasteiger partial charge in [-0.15, -0.1) is 0 Å². The minimum atomic E-state index is -0.437. The first-order valence-electron chi connectivity index (χ1n) is 7.57. The summed E-state index contributed by atoms with van der Waals surface area (Å²) in [5.74, 6) is -0.353. The van der Waals surface area contributed by atoms with E-state index < -0.39 is 11.8 Å². The Bertz CT molecular complexity index is 755. The first-order chi connectivity index (χ1) is 12.0. The molecule has 0 unspecified atom stereocenters. The van der Waals surface area contributed by atoms with E-state index in [9.17, 15) is 14.4 Å². The predicted molar refractivity (Wildman–Crippen MR) is 91.9 cm³/mol. The van der Waals surface area contributed by atoms with E-state index in [1.165, 1.54) is 14.0 Å². The molecule has 0 radical (unpaired) electrons. The van der Waals surface area contributed by atoms with Crippen molar-refractivity contribution in [3.63, 3.8) is 0 Å². The van der Waals surface area contributed by atoms with E-state index in [0.717, 1.165) is 5.56 Å². The number of hydrogen-bond acceptors (Lipinski definition) is 4. The zero-order chi connectivity index (χ0) is 18.2. The Kier molecular flexibility index (Phi) is 6.11. The Morgan fingerprint density at radius 3 is 1.76 bits per heavy atom. The predicted octanol–water partition coefficient (Wildman–Crippen LogP) is 1.41. The van der Waals surface area contributed by atoms with Crippen LogP contribution in [0.25, 0.3) is 0 Å². The zero-order valence-corrected chi connectivity index (χ0v) is 14.0.